The van der Waals surface area contributed by atoms with Gasteiger partial charge in [0.2, 0.25) is 5.91 Å². The predicted molar refractivity (Wildman–Crippen MR) is 77.6 cm³/mol. The van der Waals surface area contributed by atoms with Gasteiger partial charge in [-0.1, -0.05) is 42.5 Å². The topological polar surface area (TPSA) is 55.1 Å². The van der Waals surface area contributed by atoms with E-state index in [1.54, 1.807) is 0 Å². The van der Waals surface area contributed by atoms with E-state index in [2.05, 4.69) is 5.32 Å². The number of rotatable bonds is 4. The molecule has 0 spiro atoms. The van der Waals surface area contributed by atoms with Crippen molar-refractivity contribution in [2.45, 2.75) is 19.4 Å². The van der Waals surface area contributed by atoms with Crippen molar-refractivity contribution in [3.63, 3.8) is 0 Å². The molecule has 98 valence electrons. The van der Waals surface area contributed by atoms with Crippen LogP contribution in [0, 0.1) is 0 Å². The Morgan fingerprint density at radius 2 is 1.89 bits per heavy atom. The van der Waals surface area contributed by atoms with Crippen molar-refractivity contribution in [2.24, 2.45) is 0 Å². The van der Waals surface area contributed by atoms with Gasteiger partial charge in [-0.05, 0) is 30.2 Å². The number of nitrogens with one attached hydrogen (secondary N) is 1. The normalized spacial score (nSPS) is 11.8. The summed E-state index contributed by atoms with van der Waals surface area (Å²) in [7, 11) is 0. The molecule has 1 amide bonds. The fourth-order valence-electron chi connectivity index (χ4n) is 1.92. The molecule has 0 saturated heterocycles. The lowest BCUT2D eigenvalue weighted by atomic mass is 10.00. The summed E-state index contributed by atoms with van der Waals surface area (Å²) in [6, 6.07) is 17.3. The highest BCUT2D eigenvalue weighted by Gasteiger charge is 2.14. The summed E-state index contributed by atoms with van der Waals surface area (Å²) in [5.41, 5.74) is 8.44. The van der Waals surface area contributed by atoms with Crippen LogP contribution >= 0.6 is 0 Å². The Hall–Kier alpha value is -2.29. The molecule has 0 radical (unpaired) electrons. The number of anilines is 1. The molecule has 0 fully saturated rings. The minimum atomic E-state index is -0.202. The van der Waals surface area contributed by atoms with E-state index >= 15 is 0 Å². The van der Waals surface area contributed by atoms with Crippen LogP contribution in [0.4, 0.5) is 5.69 Å². The zero-order chi connectivity index (χ0) is 13.7. The molecular formula is C16H18N2O. The minimum Gasteiger partial charge on any atom is -0.399 e. The zero-order valence-electron chi connectivity index (χ0n) is 11.0. The number of hydrogen-bond acceptors (Lipinski definition) is 2. The molecule has 0 aromatic heterocycles. The van der Waals surface area contributed by atoms with Crippen LogP contribution in [0.5, 0.6) is 0 Å². The molecule has 3 nitrogen and oxygen atoms in total. The lowest BCUT2D eigenvalue weighted by Crippen LogP contribution is -2.27. The molecule has 0 saturated carbocycles. The molecule has 0 aliphatic heterocycles. The van der Waals surface area contributed by atoms with Crippen LogP contribution in [0.25, 0.3) is 0 Å². The molecule has 0 bridgehead atoms. The molecule has 2 aromatic carbocycles. The highest BCUT2D eigenvalue weighted by Crippen LogP contribution is 2.17. The number of carbonyl (C=O) groups is 1. The highest BCUT2D eigenvalue weighted by atomic mass is 16.1. The van der Waals surface area contributed by atoms with Gasteiger partial charge < -0.3 is 11.1 Å². The van der Waals surface area contributed by atoms with Gasteiger partial charge in [-0.3, -0.25) is 4.79 Å². The Bertz CT molecular complexity index is 552. The number of benzene rings is 2. The first-order valence-electron chi connectivity index (χ1n) is 6.34. The maximum atomic E-state index is 12.1. The number of nitrogen functional groups attached to an aromatic ring is 1. The first kappa shape index (κ1) is 13.1. The smallest absolute Gasteiger partial charge is 0.227 e. The lowest BCUT2D eigenvalue weighted by molar-refractivity contribution is -0.122. The second kappa shape index (κ2) is 6.05. The van der Waals surface area contributed by atoms with Crippen molar-refractivity contribution < 1.29 is 4.79 Å². The Morgan fingerprint density at radius 1 is 1.16 bits per heavy atom. The predicted octanol–water partition coefficient (Wildman–Crippen LogP) is 2.69. The van der Waals surface area contributed by atoms with Crippen molar-refractivity contribution in [3.8, 4) is 0 Å². The van der Waals surface area contributed by atoms with Gasteiger partial charge in [0, 0.05) is 12.2 Å². The highest BCUT2D eigenvalue weighted by molar-refractivity contribution is 5.83. The van der Waals surface area contributed by atoms with Crippen LogP contribution < -0.4 is 11.1 Å². The van der Waals surface area contributed by atoms with Crippen LogP contribution in [-0.4, -0.2) is 5.91 Å². The first-order chi connectivity index (χ1) is 9.16. The standard InChI is InChI=1S/C16H18N2O/c1-12(14-8-5-9-15(17)10-14)16(19)18-11-13-6-3-2-4-7-13/h2-10,12H,11,17H2,1H3,(H,18,19). The molecule has 3 heteroatoms. The van der Waals surface area contributed by atoms with Crippen molar-refractivity contribution in [3.05, 3.63) is 65.7 Å². The summed E-state index contributed by atoms with van der Waals surface area (Å²) < 4.78 is 0. The van der Waals surface area contributed by atoms with Gasteiger partial charge in [-0.25, -0.2) is 0 Å². The van der Waals surface area contributed by atoms with Crippen LogP contribution in [0.3, 0.4) is 0 Å². The van der Waals surface area contributed by atoms with Crippen molar-refractivity contribution >= 4 is 11.6 Å². The van der Waals surface area contributed by atoms with E-state index in [4.69, 9.17) is 5.73 Å². The van der Waals surface area contributed by atoms with E-state index in [0.29, 0.717) is 12.2 Å². The minimum absolute atomic E-state index is 0.00875. The summed E-state index contributed by atoms with van der Waals surface area (Å²) in [5, 5.41) is 2.94. The Labute approximate surface area is 113 Å². The average Bonchev–Trinajstić information content (AvgIpc) is 2.45. The number of hydrogen-bond donors (Lipinski definition) is 2. The van der Waals surface area contributed by atoms with Crippen LogP contribution in [0.15, 0.2) is 54.6 Å². The molecule has 2 aromatic rings. The van der Waals surface area contributed by atoms with E-state index in [1.807, 2.05) is 61.5 Å². The Morgan fingerprint density at radius 3 is 2.58 bits per heavy atom. The third-order valence-electron chi connectivity index (χ3n) is 3.11. The molecule has 3 N–H and O–H groups in total. The third kappa shape index (κ3) is 3.58. The quantitative estimate of drug-likeness (QED) is 0.824. The molecular weight excluding hydrogens is 236 g/mol. The maximum Gasteiger partial charge on any atom is 0.227 e. The zero-order valence-corrected chi connectivity index (χ0v) is 11.0. The third-order valence-corrected chi connectivity index (χ3v) is 3.11. The SMILES string of the molecule is CC(C(=O)NCc1ccccc1)c1cccc(N)c1. The van der Waals surface area contributed by atoms with Gasteiger partial charge >= 0.3 is 0 Å². The molecule has 19 heavy (non-hydrogen) atoms. The van der Waals surface area contributed by atoms with Gasteiger partial charge in [0.15, 0.2) is 0 Å². The molecule has 2 rings (SSSR count). The molecule has 0 aliphatic rings. The van der Waals surface area contributed by atoms with Crippen molar-refractivity contribution in [2.75, 3.05) is 5.73 Å². The molecule has 1 atom stereocenters. The van der Waals surface area contributed by atoms with Crippen molar-refractivity contribution in [1.29, 1.82) is 0 Å². The van der Waals surface area contributed by atoms with E-state index in [-0.39, 0.29) is 11.8 Å². The summed E-state index contributed by atoms with van der Waals surface area (Å²) >= 11 is 0. The van der Waals surface area contributed by atoms with Crippen LogP contribution in [0.1, 0.15) is 24.0 Å². The molecule has 0 aliphatic carbocycles. The maximum absolute atomic E-state index is 12.1. The van der Waals surface area contributed by atoms with E-state index in [1.165, 1.54) is 0 Å². The molecule has 1 unspecified atom stereocenters. The van der Waals surface area contributed by atoms with Gasteiger partial charge in [0.25, 0.3) is 0 Å². The summed E-state index contributed by atoms with van der Waals surface area (Å²) in [6.45, 7) is 2.43. The van der Waals surface area contributed by atoms with Gasteiger partial charge in [0.05, 0.1) is 5.92 Å². The van der Waals surface area contributed by atoms with Gasteiger partial charge in [-0.2, -0.15) is 0 Å². The summed E-state index contributed by atoms with van der Waals surface area (Å²) in [6.07, 6.45) is 0. The van der Waals surface area contributed by atoms with Gasteiger partial charge in [0.1, 0.15) is 0 Å². The number of carbonyl (C=O) groups excluding carboxylic acids is 1. The Balaban J connectivity index is 1.96. The summed E-state index contributed by atoms with van der Waals surface area (Å²) in [5.74, 6) is -0.193. The lowest BCUT2D eigenvalue weighted by Gasteiger charge is -2.13. The second-order valence-electron chi connectivity index (χ2n) is 4.60. The van der Waals surface area contributed by atoms with E-state index in [0.717, 1.165) is 11.1 Å². The molecule has 0 heterocycles. The summed E-state index contributed by atoms with van der Waals surface area (Å²) in [4.78, 5) is 12.1. The van der Waals surface area contributed by atoms with Crippen molar-refractivity contribution in [1.82, 2.24) is 5.32 Å². The fourth-order valence-corrected chi connectivity index (χ4v) is 1.92. The number of nitrogens with two attached hydrogens (primary N) is 1. The largest absolute Gasteiger partial charge is 0.399 e. The number of amides is 1. The second-order valence-corrected chi connectivity index (χ2v) is 4.60. The van der Waals surface area contributed by atoms with E-state index < -0.39 is 0 Å². The fraction of sp³-hybridized carbons (Fsp3) is 0.188. The van der Waals surface area contributed by atoms with Gasteiger partial charge in [-0.15, -0.1) is 0 Å². The first-order valence-corrected chi connectivity index (χ1v) is 6.34. The Kier molecular flexibility index (Phi) is 4.18. The average molecular weight is 254 g/mol. The van der Waals surface area contributed by atoms with Crippen LogP contribution in [0.2, 0.25) is 0 Å². The van der Waals surface area contributed by atoms with E-state index in [9.17, 15) is 4.79 Å². The van der Waals surface area contributed by atoms with Crippen LogP contribution in [-0.2, 0) is 11.3 Å². The monoisotopic (exact) mass is 254 g/mol.